The second kappa shape index (κ2) is 6.89. The van der Waals surface area contributed by atoms with E-state index >= 15 is 0 Å². The molecule has 1 saturated heterocycles. The third-order valence-corrected chi connectivity index (χ3v) is 5.60. The third kappa shape index (κ3) is 4.02. The first-order chi connectivity index (χ1) is 11.8. The average molecular weight is 361 g/mol. The Morgan fingerprint density at radius 3 is 2.76 bits per heavy atom. The number of carboxylic acid groups (broad SMARTS) is 1. The van der Waals surface area contributed by atoms with Crippen LogP contribution in [0.15, 0.2) is 36.7 Å². The van der Waals surface area contributed by atoms with Crippen LogP contribution in [0.5, 0.6) is 0 Å². The number of aromatic nitrogens is 2. The van der Waals surface area contributed by atoms with Crippen molar-refractivity contribution in [3.63, 3.8) is 0 Å². The molecule has 1 unspecified atom stereocenters. The summed E-state index contributed by atoms with van der Waals surface area (Å²) in [5.74, 6) is -0.823. The molecule has 0 bridgehead atoms. The highest BCUT2D eigenvalue weighted by atomic mass is 32.2. The van der Waals surface area contributed by atoms with Crippen LogP contribution < -0.4 is 0 Å². The standard InChI is InChI=1S/C17H19N3O4S/c1-25(23,24)20-7-6-12(11-20)8-13-9-18-10-16(19-13)14-4-2-3-5-15(14)17(21)22/h2-5,9-10,12H,6-8,11H2,1H3,(H,21,22). The van der Waals surface area contributed by atoms with E-state index < -0.39 is 16.0 Å². The number of aromatic carboxylic acids is 1. The largest absolute Gasteiger partial charge is 0.478 e. The SMILES string of the molecule is CS(=O)(=O)N1CCC(Cc2cncc(-c3ccccc3C(=O)O)n2)C1. The molecule has 0 amide bonds. The van der Waals surface area contributed by atoms with Crippen LogP contribution in [0.2, 0.25) is 0 Å². The zero-order valence-corrected chi connectivity index (χ0v) is 14.6. The summed E-state index contributed by atoms with van der Waals surface area (Å²) in [7, 11) is -3.16. The van der Waals surface area contributed by atoms with Crippen molar-refractivity contribution in [2.24, 2.45) is 5.92 Å². The lowest BCUT2D eigenvalue weighted by atomic mass is 10.0. The minimum atomic E-state index is -3.16. The number of hydrogen-bond acceptors (Lipinski definition) is 5. The van der Waals surface area contributed by atoms with Gasteiger partial charge in [-0.05, 0) is 24.8 Å². The monoisotopic (exact) mass is 361 g/mol. The smallest absolute Gasteiger partial charge is 0.336 e. The molecule has 0 aliphatic carbocycles. The lowest BCUT2D eigenvalue weighted by molar-refractivity contribution is 0.0697. The van der Waals surface area contributed by atoms with Crippen molar-refractivity contribution in [1.29, 1.82) is 0 Å². The first-order valence-electron chi connectivity index (χ1n) is 7.93. The number of carbonyl (C=O) groups is 1. The van der Waals surface area contributed by atoms with Crippen molar-refractivity contribution < 1.29 is 18.3 Å². The molecule has 3 rings (SSSR count). The van der Waals surface area contributed by atoms with Gasteiger partial charge in [-0.3, -0.25) is 4.98 Å². The summed E-state index contributed by atoms with van der Waals surface area (Å²) in [6, 6.07) is 6.67. The molecule has 7 nitrogen and oxygen atoms in total. The summed E-state index contributed by atoms with van der Waals surface area (Å²) in [6.07, 6.45) is 5.81. The lowest BCUT2D eigenvalue weighted by Gasteiger charge is -2.13. The molecule has 0 spiro atoms. The van der Waals surface area contributed by atoms with Crippen molar-refractivity contribution in [3.8, 4) is 11.3 Å². The van der Waals surface area contributed by atoms with Crippen molar-refractivity contribution in [1.82, 2.24) is 14.3 Å². The molecule has 132 valence electrons. The molecular weight excluding hydrogens is 342 g/mol. The Morgan fingerprint density at radius 1 is 1.32 bits per heavy atom. The predicted octanol–water partition coefficient (Wildman–Crippen LogP) is 1.67. The van der Waals surface area contributed by atoms with E-state index in [2.05, 4.69) is 9.97 Å². The van der Waals surface area contributed by atoms with Gasteiger partial charge < -0.3 is 5.11 Å². The van der Waals surface area contributed by atoms with E-state index in [0.29, 0.717) is 30.8 Å². The first-order valence-corrected chi connectivity index (χ1v) is 9.78. The van der Waals surface area contributed by atoms with Crippen LogP contribution in [-0.4, -0.2) is 53.1 Å². The lowest BCUT2D eigenvalue weighted by Crippen LogP contribution is -2.27. The number of carboxylic acids is 1. The second-order valence-corrected chi connectivity index (χ2v) is 8.21. The molecule has 25 heavy (non-hydrogen) atoms. The Morgan fingerprint density at radius 2 is 2.08 bits per heavy atom. The van der Waals surface area contributed by atoms with E-state index in [0.717, 1.165) is 12.1 Å². The number of nitrogens with zero attached hydrogens (tertiary/aromatic N) is 3. The highest BCUT2D eigenvalue weighted by Crippen LogP contribution is 2.24. The molecule has 2 aromatic rings. The Kier molecular flexibility index (Phi) is 4.82. The van der Waals surface area contributed by atoms with Gasteiger partial charge in [-0.1, -0.05) is 18.2 Å². The summed E-state index contributed by atoms with van der Waals surface area (Å²) >= 11 is 0. The van der Waals surface area contributed by atoms with Crippen molar-refractivity contribution in [3.05, 3.63) is 47.9 Å². The minimum Gasteiger partial charge on any atom is -0.478 e. The van der Waals surface area contributed by atoms with E-state index in [1.54, 1.807) is 30.6 Å². The van der Waals surface area contributed by atoms with E-state index in [1.807, 2.05) is 0 Å². The highest BCUT2D eigenvalue weighted by Gasteiger charge is 2.28. The van der Waals surface area contributed by atoms with Gasteiger partial charge in [0.05, 0.1) is 29.4 Å². The van der Waals surface area contributed by atoms with Crippen LogP contribution in [0, 0.1) is 5.92 Å². The summed E-state index contributed by atoms with van der Waals surface area (Å²) in [6.45, 7) is 1.01. The van der Waals surface area contributed by atoms with E-state index in [9.17, 15) is 18.3 Å². The summed E-state index contributed by atoms with van der Waals surface area (Å²) in [5, 5.41) is 9.32. The average Bonchev–Trinajstić information content (AvgIpc) is 3.04. The zero-order valence-electron chi connectivity index (χ0n) is 13.8. The quantitative estimate of drug-likeness (QED) is 0.869. The maximum absolute atomic E-state index is 11.6. The fraction of sp³-hybridized carbons (Fsp3) is 0.353. The van der Waals surface area contributed by atoms with Crippen LogP contribution >= 0.6 is 0 Å². The van der Waals surface area contributed by atoms with Gasteiger partial charge in [-0.15, -0.1) is 0 Å². The number of rotatable bonds is 5. The topological polar surface area (TPSA) is 100 Å². The molecular formula is C17H19N3O4S. The maximum atomic E-state index is 11.6. The van der Waals surface area contributed by atoms with Gasteiger partial charge in [0.1, 0.15) is 0 Å². The third-order valence-electron chi connectivity index (χ3n) is 4.33. The van der Waals surface area contributed by atoms with Crippen LogP contribution in [0.25, 0.3) is 11.3 Å². The molecule has 1 N–H and O–H groups in total. The van der Waals surface area contributed by atoms with Gasteiger partial charge in [0.2, 0.25) is 10.0 Å². The van der Waals surface area contributed by atoms with Gasteiger partial charge in [-0.25, -0.2) is 22.5 Å². The van der Waals surface area contributed by atoms with Gasteiger partial charge in [-0.2, -0.15) is 0 Å². The maximum Gasteiger partial charge on any atom is 0.336 e. The molecule has 1 aromatic carbocycles. The second-order valence-electron chi connectivity index (χ2n) is 6.23. The predicted molar refractivity (Wildman–Crippen MR) is 92.7 cm³/mol. The molecule has 0 saturated carbocycles. The van der Waals surface area contributed by atoms with E-state index in [1.165, 1.54) is 16.6 Å². The Balaban J connectivity index is 1.81. The van der Waals surface area contributed by atoms with Crippen molar-refractivity contribution >= 4 is 16.0 Å². The molecule has 2 heterocycles. The summed E-state index contributed by atoms with van der Waals surface area (Å²) < 4.78 is 24.7. The molecule has 1 aromatic heterocycles. The molecule has 1 fully saturated rings. The Bertz CT molecular complexity index is 898. The van der Waals surface area contributed by atoms with Crippen LogP contribution in [-0.2, 0) is 16.4 Å². The molecule has 1 atom stereocenters. The summed E-state index contributed by atoms with van der Waals surface area (Å²) in [4.78, 5) is 20.1. The number of benzene rings is 1. The summed E-state index contributed by atoms with van der Waals surface area (Å²) in [5.41, 5.74) is 1.94. The van der Waals surface area contributed by atoms with Gasteiger partial charge >= 0.3 is 5.97 Å². The zero-order chi connectivity index (χ0) is 18.0. The molecule has 1 aliphatic rings. The molecule has 1 aliphatic heterocycles. The number of sulfonamides is 1. The van der Waals surface area contributed by atoms with Gasteiger partial charge in [0, 0.05) is 24.8 Å². The Hall–Kier alpha value is -2.32. The van der Waals surface area contributed by atoms with Gasteiger partial charge in [0.25, 0.3) is 0 Å². The fourth-order valence-corrected chi connectivity index (χ4v) is 4.01. The van der Waals surface area contributed by atoms with Crippen molar-refractivity contribution in [2.45, 2.75) is 12.8 Å². The van der Waals surface area contributed by atoms with Gasteiger partial charge in [0.15, 0.2) is 0 Å². The fourth-order valence-electron chi connectivity index (χ4n) is 3.09. The highest BCUT2D eigenvalue weighted by molar-refractivity contribution is 7.88. The van der Waals surface area contributed by atoms with E-state index in [4.69, 9.17) is 0 Å². The minimum absolute atomic E-state index is 0.179. The molecule has 0 radical (unpaired) electrons. The van der Waals surface area contributed by atoms with Crippen LogP contribution in [0.4, 0.5) is 0 Å². The molecule has 8 heteroatoms. The van der Waals surface area contributed by atoms with E-state index in [-0.39, 0.29) is 11.5 Å². The normalized spacial score (nSPS) is 18.4. The number of hydrogen-bond donors (Lipinski definition) is 1. The Labute approximate surface area is 146 Å². The van der Waals surface area contributed by atoms with Crippen LogP contribution in [0.3, 0.4) is 0 Å². The van der Waals surface area contributed by atoms with Crippen LogP contribution in [0.1, 0.15) is 22.5 Å². The van der Waals surface area contributed by atoms with Crippen molar-refractivity contribution in [2.75, 3.05) is 19.3 Å². The first kappa shape index (κ1) is 17.5.